The summed E-state index contributed by atoms with van der Waals surface area (Å²) in [6.45, 7) is 1.45. The molecule has 2 rings (SSSR count). The van der Waals surface area contributed by atoms with Gasteiger partial charge < -0.3 is 19.5 Å². The van der Waals surface area contributed by atoms with Crippen molar-refractivity contribution in [3.63, 3.8) is 0 Å². The van der Waals surface area contributed by atoms with E-state index in [1.807, 2.05) is 7.05 Å². The highest BCUT2D eigenvalue weighted by Crippen LogP contribution is 2.36. The van der Waals surface area contributed by atoms with Gasteiger partial charge in [0.15, 0.2) is 5.79 Å². The van der Waals surface area contributed by atoms with E-state index in [2.05, 4.69) is 5.32 Å². The molecule has 1 heterocycles. The van der Waals surface area contributed by atoms with Crippen molar-refractivity contribution in [2.24, 2.45) is 0 Å². The Morgan fingerprint density at radius 2 is 2.07 bits per heavy atom. The zero-order valence-electron chi connectivity index (χ0n) is 8.91. The van der Waals surface area contributed by atoms with Crippen LogP contribution in [0, 0.1) is 0 Å². The first-order valence-corrected chi connectivity index (χ1v) is 5.28. The van der Waals surface area contributed by atoms with Crippen molar-refractivity contribution >= 4 is 0 Å². The number of ether oxygens (including phenoxy) is 3. The fourth-order valence-corrected chi connectivity index (χ4v) is 2.45. The molecule has 82 valence electrons. The van der Waals surface area contributed by atoms with Gasteiger partial charge in [0.05, 0.1) is 19.3 Å². The molecule has 1 N–H and O–H groups in total. The molecule has 2 fully saturated rings. The first kappa shape index (κ1) is 10.4. The lowest BCUT2D eigenvalue weighted by Crippen LogP contribution is -2.50. The second kappa shape index (κ2) is 4.14. The van der Waals surface area contributed by atoms with Crippen molar-refractivity contribution in [1.29, 1.82) is 0 Å². The number of nitrogens with one attached hydrogen (secondary N) is 1. The Labute approximate surface area is 84.9 Å². The molecular weight excluding hydrogens is 182 g/mol. The minimum absolute atomic E-state index is 0.201. The molecule has 2 atom stereocenters. The molecular formula is C10H19NO3. The summed E-state index contributed by atoms with van der Waals surface area (Å²) < 4.78 is 16.8. The van der Waals surface area contributed by atoms with Crippen LogP contribution in [0.15, 0.2) is 0 Å². The van der Waals surface area contributed by atoms with E-state index in [1.165, 1.54) is 0 Å². The number of rotatable bonds is 2. The maximum atomic E-state index is 5.68. The largest absolute Gasteiger partial charge is 0.380 e. The normalized spacial score (nSPS) is 36.4. The van der Waals surface area contributed by atoms with Crippen LogP contribution in [0.25, 0.3) is 0 Å². The summed E-state index contributed by atoms with van der Waals surface area (Å²) in [5.41, 5.74) is 0. The molecule has 0 aromatic rings. The third-order valence-electron chi connectivity index (χ3n) is 3.28. The maximum absolute atomic E-state index is 5.68. The van der Waals surface area contributed by atoms with E-state index in [-0.39, 0.29) is 11.9 Å². The van der Waals surface area contributed by atoms with Crippen molar-refractivity contribution in [3.05, 3.63) is 0 Å². The Bertz CT molecular complexity index is 192. The molecule has 1 saturated heterocycles. The Kier molecular flexibility index (Phi) is 3.07. The van der Waals surface area contributed by atoms with Crippen LogP contribution < -0.4 is 5.32 Å². The van der Waals surface area contributed by atoms with Crippen molar-refractivity contribution < 1.29 is 14.2 Å². The fraction of sp³-hybridized carbons (Fsp3) is 1.00. The highest BCUT2D eigenvalue weighted by atomic mass is 16.7. The van der Waals surface area contributed by atoms with Gasteiger partial charge in [-0.2, -0.15) is 0 Å². The first-order chi connectivity index (χ1) is 6.79. The minimum Gasteiger partial charge on any atom is -0.380 e. The van der Waals surface area contributed by atoms with Crippen LogP contribution in [0.1, 0.15) is 19.3 Å². The molecule has 1 aliphatic heterocycles. The van der Waals surface area contributed by atoms with Crippen LogP contribution in [0.3, 0.4) is 0 Å². The van der Waals surface area contributed by atoms with E-state index >= 15 is 0 Å². The highest BCUT2D eigenvalue weighted by Gasteiger charge is 2.44. The van der Waals surface area contributed by atoms with E-state index in [4.69, 9.17) is 14.2 Å². The van der Waals surface area contributed by atoms with Crippen molar-refractivity contribution in [3.8, 4) is 0 Å². The standard InChI is InChI=1S/C10H19NO3/c1-11-8-3-4-10(7-9(8)12-2)13-5-6-14-10/h8-9,11H,3-7H2,1-2H3. The Morgan fingerprint density at radius 1 is 1.36 bits per heavy atom. The molecule has 0 aromatic carbocycles. The summed E-state index contributed by atoms with van der Waals surface area (Å²) in [6.07, 6.45) is 3.06. The van der Waals surface area contributed by atoms with Gasteiger partial charge in [0.1, 0.15) is 0 Å². The zero-order valence-corrected chi connectivity index (χ0v) is 8.91. The molecule has 1 aliphatic carbocycles. The topological polar surface area (TPSA) is 39.7 Å². The fourth-order valence-electron chi connectivity index (χ4n) is 2.45. The number of likely N-dealkylation sites (N-methyl/N-ethyl adjacent to an activating group) is 1. The van der Waals surface area contributed by atoms with Gasteiger partial charge in [0, 0.05) is 26.0 Å². The lowest BCUT2D eigenvalue weighted by atomic mass is 9.87. The quantitative estimate of drug-likeness (QED) is 0.707. The van der Waals surface area contributed by atoms with Gasteiger partial charge in [-0.05, 0) is 13.5 Å². The van der Waals surface area contributed by atoms with Gasteiger partial charge in [0.25, 0.3) is 0 Å². The van der Waals surface area contributed by atoms with E-state index in [0.29, 0.717) is 6.04 Å². The molecule has 4 nitrogen and oxygen atoms in total. The maximum Gasteiger partial charge on any atom is 0.171 e. The lowest BCUT2D eigenvalue weighted by molar-refractivity contribution is -0.203. The number of hydrogen-bond acceptors (Lipinski definition) is 4. The molecule has 0 bridgehead atoms. The van der Waals surface area contributed by atoms with Crippen molar-refractivity contribution in [1.82, 2.24) is 5.32 Å². The summed E-state index contributed by atoms with van der Waals surface area (Å²) in [5.74, 6) is -0.339. The van der Waals surface area contributed by atoms with E-state index in [9.17, 15) is 0 Å². The van der Waals surface area contributed by atoms with E-state index in [1.54, 1.807) is 7.11 Å². The van der Waals surface area contributed by atoms with Crippen LogP contribution in [0.5, 0.6) is 0 Å². The van der Waals surface area contributed by atoms with E-state index in [0.717, 1.165) is 32.5 Å². The summed E-state index contributed by atoms with van der Waals surface area (Å²) in [5, 5.41) is 3.28. The van der Waals surface area contributed by atoms with Gasteiger partial charge in [-0.15, -0.1) is 0 Å². The van der Waals surface area contributed by atoms with Crippen LogP contribution in [0.2, 0.25) is 0 Å². The molecule has 0 amide bonds. The summed E-state index contributed by atoms with van der Waals surface area (Å²) in [7, 11) is 3.73. The molecule has 1 spiro atoms. The Hall–Kier alpha value is -0.160. The second-order valence-electron chi connectivity index (χ2n) is 4.02. The Balaban J connectivity index is 2.00. The predicted molar refractivity (Wildman–Crippen MR) is 52.1 cm³/mol. The number of hydrogen-bond donors (Lipinski definition) is 1. The smallest absolute Gasteiger partial charge is 0.171 e. The van der Waals surface area contributed by atoms with Crippen LogP contribution in [-0.2, 0) is 14.2 Å². The molecule has 2 aliphatic rings. The van der Waals surface area contributed by atoms with Gasteiger partial charge in [-0.1, -0.05) is 0 Å². The van der Waals surface area contributed by atoms with Gasteiger partial charge in [-0.3, -0.25) is 0 Å². The van der Waals surface area contributed by atoms with Crippen molar-refractivity contribution in [2.75, 3.05) is 27.4 Å². The Morgan fingerprint density at radius 3 is 2.64 bits per heavy atom. The van der Waals surface area contributed by atoms with E-state index < -0.39 is 0 Å². The minimum atomic E-state index is -0.339. The zero-order chi connectivity index (χ0) is 10.0. The summed E-state index contributed by atoms with van der Waals surface area (Å²) >= 11 is 0. The molecule has 4 heteroatoms. The third kappa shape index (κ3) is 1.80. The second-order valence-corrected chi connectivity index (χ2v) is 4.02. The summed E-state index contributed by atoms with van der Waals surface area (Å²) in [6, 6.07) is 0.429. The third-order valence-corrected chi connectivity index (χ3v) is 3.28. The first-order valence-electron chi connectivity index (χ1n) is 5.28. The molecule has 14 heavy (non-hydrogen) atoms. The average Bonchev–Trinajstić information content (AvgIpc) is 2.66. The highest BCUT2D eigenvalue weighted by molar-refractivity contribution is 4.91. The average molecular weight is 201 g/mol. The van der Waals surface area contributed by atoms with Gasteiger partial charge >= 0.3 is 0 Å². The monoisotopic (exact) mass is 201 g/mol. The molecule has 0 aromatic heterocycles. The lowest BCUT2D eigenvalue weighted by Gasteiger charge is -2.40. The van der Waals surface area contributed by atoms with Crippen LogP contribution >= 0.6 is 0 Å². The van der Waals surface area contributed by atoms with Crippen molar-refractivity contribution in [2.45, 2.75) is 37.2 Å². The van der Waals surface area contributed by atoms with Crippen LogP contribution in [0.4, 0.5) is 0 Å². The SMILES string of the molecule is CNC1CCC2(CC1OC)OCCO2. The molecule has 2 unspecified atom stereocenters. The van der Waals surface area contributed by atoms with Gasteiger partial charge in [0.2, 0.25) is 0 Å². The number of methoxy groups -OCH3 is 1. The van der Waals surface area contributed by atoms with Gasteiger partial charge in [-0.25, -0.2) is 0 Å². The summed E-state index contributed by atoms with van der Waals surface area (Å²) in [4.78, 5) is 0. The van der Waals surface area contributed by atoms with Crippen LogP contribution in [-0.4, -0.2) is 45.3 Å². The predicted octanol–water partition coefficient (Wildman–Crippen LogP) is 0.516. The molecule has 0 radical (unpaired) electrons. The molecule has 1 saturated carbocycles.